The number of phosphoric ester groups is 2. The molecule has 0 aliphatic rings. The smallest absolute Gasteiger partial charge is 0.462 e. The maximum Gasteiger partial charge on any atom is 0.472 e. The van der Waals surface area contributed by atoms with Gasteiger partial charge in [-0.15, -0.1) is 0 Å². The highest BCUT2D eigenvalue weighted by atomic mass is 31.2. The highest BCUT2D eigenvalue weighted by Crippen LogP contribution is 2.45. The molecule has 5 unspecified atom stereocenters. The van der Waals surface area contributed by atoms with Crippen molar-refractivity contribution in [2.75, 3.05) is 39.6 Å². The second kappa shape index (κ2) is 75.4. The van der Waals surface area contributed by atoms with Crippen LogP contribution in [0.1, 0.15) is 272 Å². The van der Waals surface area contributed by atoms with Gasteiger partial charge in [0.25, 0.3) is 0 Å². The van der Waals surface area contributed by atoms with Gasteiger partial charge in [-0.2, -0.15) is 0 Å². The van der Waals surface area contributed by atoms with Crippen molar-refractivity contribution in [1.29, 1.82) is 0 Å². The van der Waals surface area contributed by atoms with Gasteiger partial charge < -0.3 is 33.8 Å². The summed E-state index contributed by atoms with van der Waals surface area (Å²) >= 11 is 0. The number of aliphatic hydroxyl groups is 1. The van der Waals surface area contributed by atoms with Crippen molar-refractivity contribution in [2.24, 2.45) is 0 Å². The first-order valence-electron chi connectivity index (χ1n) is 39.0. The normalized spacial score (nSPS) is 14.9. The number of carbonyl (C=O) groups excluding carboxylic acids is 4. The fourth-order valence-electron chi connectivity index (χ4n) is 9.60. The minimum absolute atomic E-state index is 0.0558. The highest BCUT2D eigenvalue weighted by molar-refractivity contribution is 7.47. The Morgan fingerprint density at radius 2 is 0.538 bits per heavy atom. The van der Waals surface area contributed by atoms with Gasteiger partial charge in [-0.3, -0.25) is 37.3 Å². The second-order valence-corrected chi connectivity index (χ2v) is 28.1. The molecule has 0 amide bonds. The molecule has 0 heterocycles. The average molecular weight is 1490 g/mol. The minimum Gasteiger partial charge on any atom is -0.462 e. The van der Waals surface area contributed by atoms with Crippen molar-refractivity contribution in [3.63, 3.8) is 0 Å². The van der Waals surface area contributed by atoms with Crippen LogP contribution in [0.4, 0.5) is 0 Å². The minimum atomic E-state index is -5.02. The van der Waals surface area contributed by atoms with E-state index in [4.69, 9.17) is 37.0 Å². The first-order valence-corrected chi connectivity index (χ1v) is 42.0. The monoisotopic (exact) mass is 1490 g/mol. The van der Waals surface area contributed by atoms with Crippen molar-refractivity contribution in [3.05, 3.63) is 182 Å². The summed E-state index contributed by atoms with van der Waals surface area (Å²) in [7, 11) is -10.0. The molecule has 0 aromatic heterocycles. The van der Waals surface area contributed by atoms with Gasteiger partial charge in [0.15, 0.2) is 12.2 Å². The lowest BCUT2D eigenvalue weighted by Crippen LogP contribution is -2.30. The average Bonchev–Trinajstić information content (AvgIpc) is 0.937. The van der Waals surface area contributed by atoms with Crippen LogP contribution in [-0.4, -0.2) is 96.7 Å². The van der Waals surface area contributed by atoms with Crippen LogP contribution < -0.4 is 0 Å². The molecule has 0 rings (SSSR count). The van der Waals surface area contributed by atoms with E-state index in [2.05, 4.69) is 161 Å². The molecule has 0 aliphatic heterocycles. The lowest BCUT2D eigenvalue weighted by atomic mass is 10.0. The molecule has 5 atom stereocenters. The van der Waals surface area contributed by atoms with Gasteiger partial charge >= 0.3 is 39.5 Å². The maximum absolute atomic E-state index is 13.1. The molecule has 0 aromatic rings. The molecular weight excluding hydrogens is 1350 g/mol. The van der Waals surface area contributed by atoms with Crippen LogP contribution in [0.25, 0.3) is 0 Å². The summed E-state index contributed by atoms with van der Waals surface area (Å²) in [6, 6.07) is 0. The molecule has 0 bridgehead atoms. The Bertz CT molecular complexity index is 2690. The largest absolute Gasteiger partial charge is 0.472 e. The van der Waals surface area contributed by atoms with E-state index in [1.54, 1.807) is 12.2 Å². The molecule has 588 valence electrons. The van der Waals surface area contributed by atoms with Crippen molar-refractivity contribution < 1.29 is 80.2 Å². The van der Waals surface area contributed by atoms with Crippen molar-refractivity contribution in [2.45, 2.75) is 290 Å². The topological polar surface area (TPSA) is 237 Å². The van der Waals surface area contributed by atoms with Crippen molar-refractivity contribution in [1.82, 2.24) is 0 Å². The molecule has 0 aliphatic carbocycles. The zero-order valence-electron chi connectivity index (χ0n) is 64.1. The standard InChI is InChI=1S/C85H136O17P2/c1-5-9-13-17-21-25-29-33-37-39-43-45-49-53-57-61-65-69-82(87)95-75-80(101-84(89)71-67-63-59-55-51-47-41-35-31-27-23-19-15-11-7-3)77-99-103(91,92)97-73-79(86)74-98-104(93,94)100-78-81(102-85(90)72-68-64-60-56-52-48-42-36-32-28-24-20-16-12-8-4)76-96-83(88)70-66-62-58-54-50-46-44-40-38-34-30-26-22-18-14-10-6-2/h9-11,13-15,21-23,25-27,33-35,37-38,41,43-46,51,53-55,57-58,63,67,79-81,86H,5-8,12,16-20,24,28-32,36,39-40,42,47-50,52,56,59-62,64-66,68-78H2,1-4H3,(H,91,92)(H,93,94)/b13-9-,14-10-,15-11-,25-21-,26-22-,27-23-,37-33-,38-34-,41-35-,45-43-,46-44-,55-51-,57-53-,58-54-,67-63-. The van der Waals surface area contributed by atoms with Crippen LogP contribution in [0, 0.1) is 0 Å². The SMILES string of the molecule is CC/C=C\C/C=C\C/C=C\C/C=C\C/C=C\CCCC(=O)OCC(COP(=O)(O)OCC(O)COP(=O)(O)OCC(COC(=O)CCC/C=C\C/C=C\C/C=C\C/C=C\C/C=C\CC)OC(=O)CCCCCCCCCCCCCCCCC)OC(=O)C/C=C\C/C=C\C/C=C\C/C=C\C/C=C\CC. The first kappa shape index (κ1) is 98.2. The predicted octanol–water partition coefficient (Wildman–Crippen LogP) is 22.8. The Morgan fingerprint density at radius 3 is 0.846 bits per heavy atom. The summed E-state index contributed by atoms with van der Waals surface area (Å²) < 4.78 is 68.3. The Balaban J connectivity index is 5.54. The van der Waals surface area contributed by atoms with Crippen molar-refractivity contribution in [3.8, 4) is 0 Å². The van der Waals surface area contributed by atoms with Gasteiger partial charge in [-0.05, 0) is 128 Å². The third kappa shape index (κ3) is 74.4. The number of hydrogen-bond acceptors (Lipinski definition) is 15. The van der Waals surface area contributed by atoms with E-state index in [0.717, 1.165) is 116 Å². The molecular formula is C85H136O17P2. The van der Waals surface area contributed by atoms with Crippen molar-refractivity contribution >= 4 is 39.5 Å². The van der Waals surface area contributed by atoms with Crippen LogP contribution in [0.5, 0.6) is 0 Å². The van der Waals surface area contributed by atoms with E-state index in [9.17, 15) is 43.2 Å². The lowest BCUT2D eigenvalue weighted by Gasteiger charge is -2.21. The van der Waals surface area contributed by atoms with Gasteiger partial charge in [0.05, 0.1) is 32.8 Å². The molecule has 0 aromatic carbocycles. The van der Waals surface area contributed by atoms with Crippen LogP contribution in [-0.2, 0) is 65.4 Å². The number of unbranched alkanes of at least 4 members (excludes halogenated alkanes) is 16. The molecule has 104 heavy (non-hydrogen) atoms. The Hall–Kier alpha value is -5.84. The summed E-state index contributed by atoms with van der Waals surface area (Å²) in [5, 5.41) is 10.6. The number of esters is 4. The number of ether oxygens (including phenoxy) is 4. The van der Waals surface area contributed by atoms with E-state index in [1.165, 1.54) is 64.2 Å². The van der Waals surface area contributed by atoms with Crippen LogP contribution in [0.15, 0.2) is 182 Å². The lowest BCUT2D eigenvalue weighted by molar-refractivity contribution is -0.161. The molecule has 3 N–H and O–H groups in total. The number of carbonyl (C=O) groups is 4. The molecule has 0 saturated heterocycles. The Kier molecular flexibility index (Phi) is 71.2. The number of phosphoric acid groups is 2. The molecule has 19 heteroatoms. The van der Waals surface area contributed by atoms with Crippen LogP contribution in [0.2, 0.25) is 0 Å². The molecule has 0 radical (unpaired) electrons. The summed E-state index contributed by atoms with van der Waals surface area (Å²) in [4.78, 5) is 72.9. The number of aliphatic hydroxyl groups excluding tert-OH is 1. The Morgan fingerprint density at radius 1 is 0.288 bits per heavy atom. The Labute approximate surface area is 628 Å². The van der Waals surface area contributed by atoms with E-state index in [1.807, 2.05) is 36.5 Å². The van der Waals surface area contributed by atoms with Gasteiger partial charge in [0, 0.05) is 19.3 Å². The van der Waals surface area contributed by atoms with E-state index < -0.39 is 97.5 Å². The zero-order valence-corrected chi connectivity index (χ0v) is 65.9. The van der Waals surface area contributed by atoms with Crippen LogP contribution >= 0.6 is 15.6 Å². The predicted molar refractivity (Wildman–Crippen MR) is 426 cm³/mol. The molecule has 17 nitrogen and oxygen atoms in total. The van der Waals surface area contributed by atoms with Gasteiger partial charge in [0.2, 0.25) is 0 Å². The number of rotatable bonds is 71. The molecule has 0 saturated carbocycles. The van der Waals surface area contributed by atoms with Gasteiger partial charge in [-0.1, -0.05) is 300 Å². The maximum atomic E-state index is 13.1. The third-order valence-electron chi connectivity index (χ3n) is 15.4. The summed E-state index contributed by atoms with van der Waals surface area (Å²) in [6.07, 6.45) is 90.7. The molecule has 0 fully saturated rings. The summed E-state index contributed by atoms with van der Waals surface area (Å²) in [5.41, 5.74) is 0. The number of hydrogen-bond donors (Lipinski definition) is 3. The zero-order chi connectivity index (χ0) is 76.0. The van der Waals surface area contributed by atoms with Gasteiger partial charge in [0.1, 0.15) is 19.3 Å². The van der Waals surface area contributed by atoms with Crippen LogP contribution in [0.3, 0.4) is 0 Å². The van der Waals surface area contributed by atoms with E-state index in [0.29, 0.717) is 38.5 Å². The summed E-state index contributed by atoms with van der Waals surface area (Å²) in [5.74, 6) is -2.47. The first-order chi connectivity index (χ1) is 50.7. The number of allylic oxidation sites excluding steroid dienone is 29. The summed E-state index contributed by atoms with van der Waals surface area (Å²) in [6.45, 7) is 4.27. The highest BCUT2D eigenvalue weighted by Gasteiger charge is 2.30. The van der Waals surface area contributed by atoms with E-state index >= 15 is 0 Å². The fraction of sp³-hybridized carbons (Fsp3) is 0.600. The second-order valence-electron chi connectivity index (χ2n) is 25.2. The third-order valence-corrected chi connectivity index (χ3v) is 17.3. The van der Waals surface area contributed by atoms with Gasteiger partial charge in [-0.25, -0.2) is 9.13 Å². The fourth-order valence-corrected chi connectivity index (χ4v) is 11.2. The van der Waals surface area contributed by atoms with E-state index in [-0.39, 0.29) is 25.7 Å². The quantitative estimate of drug-likeness (QED) is 0.0169. The molecule has 0 spiro atoms.